The Morgan fingerprint density at radius 3 is 2.40 bits per heavy atom. The third-order valence-electron chi connectivity index (χ3n) is 5.61. The lowest BCUT2D eigenvalue weighted by molar-refractivity contribution is -0.137. The molecule has 4 N–H and O–H groups in total. The van der Waals surface area contributed by atoms with E-state index in [9.17, 15) is 22.8 Å². The Labute approximate surface area is 231 Å². The molecule has 0 saturated carbocycles. The number of nitrogens with zero attached hydrogens (tertiary/aromatic N) is 4. The van der Waals surface area contributed by atoms with Gasteiger partial charge in [0.25, 0.3) is 0 Å². The van der Waals surface area contributed by atoms with Gasteiger partial charge in [-0.25, -0.2) is 24.5 Å². The van der Waals surface area contributed by atoms with Crippen LogP contribution in [0.4, 0.5) is 40.0 Å². The number of urea groups is 2. The summed E-state index contributed by atoms with van der Waals surface area (Å²) in [4.78, 5) is 37.6. The molecule has 0 unspecified atom stereocenters. The van der Waals surface area contributed by atoms with Gasteiger partial charge in [0.1, 0.15) is 12.2 Å². The smallest absolute Gasteiger partial charge is 0.338 e. The van der Waals surface area contributed by atoms with E-state index in [2.05, 4.69) is 42.8 Å². The maximum atomic E-state index is 13.1. The van der Waals surface area contributed by atoms with Gasteiger partial charge >= 0.3 is 18.2 Å². The maximum absolute atomic E-state index is 13.1. The second kappa shape index (κ2) is 12.0. The largest absolute Gasteiger partial charge is 0.417 e. The van der Waals surface area contributed by atoms with E-state index in [1.165, 1.54) is 18.5 Å². The number of imidazole rings is 1. The molecule has 0 aliphatic heterocycles. The summed E-state index contributed by atoms with van der Waals surface area (Å²) in [5, 5.41) is 9.89. The number of halogens is 4. The highest BCUT2D eigenvalue weighted by molar-refractivity contribution is 6.31. The molecular weight excluding hydrogens is 549 g/mol. The van der Waals surface area contributed by atoms with E-state index >= 15 is 0 Å². The van der Waals surface area contributed by atoms with Crippen LogP contribution in [0.2, 0.25) is 5.02 Å². The lowest BCUT2D eigenvalue weighted by Gasteiger charge is -2.13. The Hall–Kier alpha value is -4.65. The van der Waals surface area contributed by atoms with Crippen LogP contribution >= 0.6 is 11.6 Å². The minimum absolute atomic E-state index is 0.0745. The van der Waals surface area contributed by atoms with Crippen molar-refractivity contribution in [3.8, 4) is 5.69 Å². The minimum atomic E-state index is -4.66. The molecule has 0 aliphatic rings. The molecule has 4 amide bonds. The van der Waals surface area contributed by atoms with Gasteiger partial charge in [-0.05, 0) is 55.0 Å². The van der Waals surface area contributed by atoms with Crippen LogP contribution in [0.5, 0.6) is 0 Å². The first-order chi connectivity index (χ1) is 19.1. The molecule has 0 atom stereocenters. The number of fused-ring (bicyclic) bond motifs is 1. The summed E-state index contributed by atoms with van der Waals surface area (Å²) in [6.07, 6.45) is -0.0562. The standard InChI is InChI=1S/C26H24ClF3N8O2/c1-3-5-12-31-24(39)37-22-21-23(33-14-32-22)38(20(4-2)36-21)17-9-6-15(7-10-17)34-25(40)35-16-8-11-19(27)18(13-16)26(28,29)30/h4,6-11,13-14H,2-3,5,12H2,1H3,(H2,34,35,40)(H2,31,32,33,37,39). The molecule has 0 bridgehead atoms. The van der Waals surface area contributed by atoms with Crippen LogP contribution in [-0.4, -0.2) is 38.1 Å². The first kappa shape index (κ1) is 28.4. The summed E-state index contributed by atoms with van der Waals surface area (Å²) in [6, 6.07) is 8.48. The van der Waals surface area contributed by atoms with Gasteiger partial charge in [0.2, 0.25) is 0 Å². The van der Waals surface area contributed by atoms with E-state index in [0.29, 0.717) is 34.9 Å². The van der Waals surface area contributed by atoms with Crippen molar-refractivity contribution in [3.63, 3.8) is 0 Å². The molecule has 0 spiro atoms. The number of aromatic nitrogens is 4. The van der Waals surface area contributed by atoms with Crippen molar-refractivity contribution in [1.82, 2.24) is 24.8 Å². The van der Waals surface area contributed by atoms with Crippen LogP contribution in [0.15, 0.2) is 55.4 Å². The fourth-order valence-electron chi connectivity index (χ4n) is 3.73. The molecule has 2 aromatic carbocycles. The van der Waals surface area contributed by atoms with Gasteiger partial charge in [-0.3, -0.25) is 9.88 Å². The van der Waals surface area contributed by atoms with Crippen LogP contribution in [0.1, 0.15) is 31.2 Å². The highest BCUT2D eigenvalue weighted by Gasteiger charge is 2.33. The predicted octanol–water partition coefficient (Wildman–Crippen LogP) is 6.70. The molecule has 10 nitrogen and oxygen atoms in total. The van der Waals surface area contributed by atoms with Crippen LogP contribution in [0.25, 0.3) is 22.9 Å². The summed E-state index contributed by atoms with van der Waals surface area (Å²) in [7, 11) is 0. The zero-order chi connectivity index (χ0) is 28.9. The summed E-state index contributed by atoms with van der Waals surface area (Å²) in [6.45, 7) is 6.34. The zero-order valence-corrected chi connectivity index (χ0v) is 21.9. The third-order valence-corrected chi connectivity index (χ3v) is 5.94. The van der Waals surface area contributed by atoms with E-state index in [1.807, 2.05) is 6.92 Å². The van der Waals surface area contributed by atoms with Gasteiger partial charge in [0, 0.05) is 23.6 Å². The van der Waals surface area contributed by atoms with Crippen molar-refractivity contribution in [2.75, 3.05) is 22.5 Å². The van der Waals surface area contributed by atoms with Crippen molar-refractivity contribution in [2.45, 2.75) is 25.9 Å². The van der Waals surface area contributed by atoms with Crippen molar-refractivity contribution in [1.29, 1.82) is 0 Å². The molecular formula is C26H24ClF3N8O2. The molecule has 208 valence electrons. The molecule has 0 saturated heterocycles. The first-order valence-corrected chi connectivity index (χ1v) is 12.4. The molecule has 2 aromatic heterocycles. The van der Waals surface area contributed by atoms with Crippen molar-refractivity contribution >= 4 is 58.1 Å². The van der Waals surface area contributed by atoms with Gasteiger partial charge in [-0.2, -0.15) is 13.2 Å². The average molecular weight is 573 g/mol. The summed E-state index contributed by atoms with van der Waals surface area (Å²) in [5.74, 6) is 0.665. The second-order valence-corrected chi connectivity index (χ2v) is 8.86. The van der Waals surface area contributed by atoms with Crippen LogP contribution in [-0.2, 0) is 6.18 Å². The molecule has 4 rings (SSSR count). The Morgan fingerprint density at radius 2 is 1.73 bits per heavy atom. The van der Waals surface area contributed by atoms with Crippen LogP contribution in [0.3, 0.4) is 0 Å². The van der Waals surface area contributed by atoms with Crippen molar-refractivity contribution in [2.24, 2.45) is 0 Å². The number of rotatable bonds is 8. The maximum Gasteiger partial charge on any atom is 0.417 e. The zero-order valence-electron chi connectivity index (χ0n) is 21.1. The number of hydrogen-bond acceptors (Lipinski definition) is 5. The highest BCUT2D eigenvalue weighted by Crippen LogP contribution is 2.36. The SMILES string of the molecule is C=Cc1nc2c(NC(=O)NCCCC)ncnc2n1-c1ccc(NC(=O)Nc2ccc(Cl)c(C(F)(F)F)c2)cc1. The molecule has 40 heavy (non-hydrogen) atoms. The average Bonchev–Trinajstić information content (AvgIpc) is 3.29. The number of benzene rings is 2. The number of alkyl halides is 3. The fourth-order valence-corrected chi connectivity index (χ4v) is 3.95. The van der Waals surface area contributed by atoms with E-state index in [0.717, 1.165) is 25.0 Å². The molecule has 0 aliphatic carbocycles. The first-order valence-electron chi connectivity index (χ1n) is 12.1. The van der Waals surface area contributed by atoms with E-state index in [4.69, 9.17) is 11.6 Å². The Bertz CT molecular complexity index is 1550. The number of anilines is 3. The van der Waals surface area contributed by atoms with Crippen molar-refractivity contribution < 1.29 is 22.8 Å². The molecule has 2 heterocycles. The summed E-state index contributed by atoms with van der Waals surface area (Å²) in [5.41, 5.74) is 0.626. The number of hydrogen-bond donors (Lipinski definition) is 4. The third kappa shape index (κ3) is 6.49. The quantitative estimate of drug-likeness (QED) is 0.175. The van der Waals surface area contributed by atoms with Crippen LogP contribution < -0.4 is 21.3 Å². The summed E-state index contributed by atoms with van der Waals surface area (Å²) >= 11 is 5.63. The lowest BCUT2D eigenvalue weighted by atomic mass is 10.2. The van der Waals surface area contributed by atoms with Gasteiger partial charge in [-0.15, -0.1) is 0 Å². The Balaban J connectivity index is 1.51. The summed E-state index contributed by atoms with van der Waals surface area (Å²) < 4.78 is 41.0. The highest BCUT2D eigenvalue weighted by atomic mass is 35.5. The van der Waals surface area contributed by atoms with Gasteiger partial charge in [0.15, 0.2) is 17.0 Å². The molecule has 0 fully saturated rings. The Morgan fingerprint density at radius 1 is 1.02 bits per heavy atom. The molecule has 4 aromatic rings. The van der Waals surface area contributed by atoms with Crippen molar-refractivity contribution in [3.05, 3.63) is 71.8 Å². The number of unbranched alkanes of at least 4 members (excludes halogenated alkanes) is 1. The van der Waals surface area contributed by atoms with E-state index in [1.54, 1.807) is 28.8 Å². The van der Waals surface area contributed by atoms with Crippen LogP contribution in [0, 0.1) is 0 Å². The van der Waals surface area contributed by atoms with Gasteiger partial charge in [-0.1, -0.05) is 31.5 Å². The number of amides is 4. The normalized spacial score (nSPS) is 11.2. The van der Waals surface area contributed by atoms with E-state index < -0.39 is 28.8 Å². The van der Waals surface area contributed by atoms with Gasteiger partial charge < -0.3 is 16.0 Å². The topological polar surface area (TPSA) is 126 Å². The van der Waals surface area contributed by atoms with Gasteiger partial charge in [0.05, 0.1) is 10.6 Å². The fraction of sp³-hybridized carbons (Fsp3) is 0.192. The predicted molar refractivity (Wildman–Crippen MR) is 148 cm³/mol. The second-order valence-electron chi connectivity index (χ2n) is 8.46. The lowest BCUT2D eigenvalue weighted by Crippen LogP contribution is -2.29. The van der Waals surface area contributed by atoms with E-state index in [-0.39, 0.29) is 11.5 Å². The number of nitrogens with one attached hydrogen (secondary N) is 4. The minimum Gasteiger partial charge on any atom is -0.338 e. The number of carbonyl (C=O) groups is 2. The number of carbonyl (C=O) groups excluding carboxylic acids is 2. The monoisotopic (exact) mass is 572 g/mol. The molecule has 14 heteroatoms. The molecule has 0 radical (unpaired) electrons. The Kier molecular flexibility index (Phi) is 8.53.